The fraction of sp³-hybridized carbons (Fsp3) is 0.421. The van der Waals surface area contributed by atoms with Gasteiger partial charge in [0, 0.05) is 58.8 Å². The molecular formula is C19H23N5O2. The zero-order valence-electron chi connectivity index (χ0n) is 15.2. The third-order valence-electron chi connectivity index (χ3n) is 4.98. The molecule has 4 rings (SSSR count). The molecule has 0 spiro atoms. The summed E-state index contributed by atoms with van der Waals surface area (Å²) in [7, 11) is 1.72. The van der Waals surface area contributed by atoms with Gasteiger partial charge in [0.15, 0.2) is 5.89 Å². The van der Waals surface area contributed by atoms with Gasteiger partial charge in [0.25, 0.3) is 5.56 Å². The lowest BCUT2D eigenvalue weighted by Crippen LogP contribution is -2.47. The number of nitrogens with zero attached hydrogens (tertiary/aromatic N) is 5. The lowest BCUT2D eigenvalue weighted by atomic mass is 10.2. The van der Waals surface area contributed by atoms with E-state index in [9.17, 15) is 4.79 Å². The average Bonchev–Trinajstić information content (AvgIpc) is 3.08. The smallest absolute Gasteiger partial charge is 0.260 e. The molecule has 0 unspecified atom stereocenters. The van der Waals surface area contributed by atoms with Crippen molar-refractivity contribution in [1.82, 2.24) is 19.4 Å². The summed E-state index contributed by atoms with van der Waals surface area (Å²) in [6.45, 7) is 6.80. The minimum Gasteiger partial charge on any atom is -0.446 e. The lowest BCUT2D eigenvalue weighted by molar-refractivity contribution is 0.255. The fourth-order valence-corrected chi connectivity index (χ4v) is 3.41. The number of hydrogen-bond acceptors (Lipinski definition) is 6. The Morgan fingerprint density at radius 1 is 1.15 bits per heavy atom. The van der Waals surface area contributed by atoms with Crippen LogP contribution < -0.4 is 10.5 Å². The number of aromatic nitrogens is 3. The van der Waals surface area contributed by atoms with Crippen LogP contribution in [0.25, 0.3) is 10.9 Å². The number of oxazole rings is 1. The van der Waals surface area contributed by atoms with Gasteiger partial charge in [0.2, 0.25) is 0 Å². The van der Waals surface area contributed by atoms with E-state index in [2.05, 4.69) is 19.8 Å². The number of rotatable bonds is 4. The first-order valence-corrected chi connectivity index (χ1v) is 8.94. The predicted molar refractivity (Wildman–Crippen MR) is 101 cm³/mol. The van der Waals surface area contributed by atoms with Crippen LogP contribution >= 0.6 is 0 Å². The molecule has 0 aliphatic carbocycles. The molecule has 7 heteroatoms. The number of hydrogen-bond donors (Lipinski definition) is 0. The van der Waals surface area contributed by atoms with Gasteiger partial charge in [-0.25, -0.2) is 9.97 Å². The minimum atomic E-state index is -0.00554. The van der Waals surface area contributed by atoms with Gasteiger partial charge in [-0.1, -0.05) is 0 Å². The largest absolute Gasteiger partial charge is 0.446 e. The molecule has 136 valence electrons. The number of fused-ring (bicyclic) bond motifs is 1. The van der Waals surface area contributed by atoms with Gasteiger partial charge >= 0.3 is 0 Å². The number of anilines is 1. The second kappa shape index (κ2) is 6.92. The third kappa shape index (κ3) is 3.35. The van der Waals surface area contributed by atoms with Crippen molar-refractivity contribution in [3.63, 3.8) is 0 Å². The summed E-state index contributed by atoms with van der Waals surface area (Å²) in [5.41, 5.74) is 1.88. The zero-order chi connectivity index (χ0) is 18.1. The van der Waals surface area contributed by atoms with E-state index < -0.39 is 0 Å². The molecule has 0 radical (unpaired) electrons. The first-order chi connectivity index (χ1) is 12.6. The molecule has 1 aliphatic rings. The molecular weight excluding hydrogens is 330 g/mol. The van der Waals surface area contributed by atoms with Gasteiger partial charge in [0.05, 0.1) is 23.4 Å². The molecule has 0 bridgehead atoms. The highest BCUT2D eigenvalue weighted by Gasteiger charge is 2.18. The molecule has 1 aromatic carbocycles. The van der Waals surface area contributed by atoms with Crippen molar-refractivity contribution < 1.29 is 4.42 Å². The molecule has 7 nitrogen and oxygen atoms in total. The highest BCUT2D eigenvalue weighted by molar-refractivity contribution is 5.81. The summed E-state index contributed by atoms with van der Waals surface area (Å²) in [5.74, 6) is 1.68. The Labute approximate surface area is 151 Å². The summed E-state index contributed by atoms with van der Waals surface area (Å²) < 4.78 is 7.05. The van der Waals surface area contributed by atoms with Gasteiger partial charge < -0.3 is 13.9 Å². The van der Waals surface area contributed by atoms with E-state index >= 15 is 0 Å². The molecule has 3 heterocycles. The predicted octanol–water partition coefficient (Wildman–Crippen LogP) is 1.59. The second-order valence-electron chi connectivity index (χ2n) is 6.79. The highest BCUT2D eigenvalue weighted by atomic mass is 16.4. The van der Waals surface area contributed by atoms with Crippen LogP contribution in [0.5, 0.6) is 0 Å². The molecule has 2 aromatic heterocycles. The van der Waals surface area contributed by atoms with E-state index in [0.29, 0.717) is 5.39 Å². The Morgan fingerprint density at radius 2 is 1.96 bits per heavy atom. The Bertz CT molecular complexity index is 969. The molecule has 0 amide bonds. The van der Waals surface area contributed by atoms with Crippen molar-refractivity contribution in [2.24, 2.45) is 7.05 Å². The van der Waals surface area contributed by atoms with Gasteiger partial charge in [0.1, 0.15) is 5.76 Å². The summed E-state index contributed by atoms with van der Waals surface area (Å²) in [6.07, 6.45) is 4.29. The van der Waals surface area contributed by atoms with Crippen LogP contribution in [-0.2, 0) is 13.5 Å². The monoisotopic (exact) mass is 353 g/mol. The molecule has 1 saturated heterocycles. The molecule has 0 N–H and O–H groups in total. The quantitative estimate of drug-likeness (QED) is 0.710. The van der Waals surface area contributed by atoms with Crippen molar-refractivity contribution in [2.45, 2.75) is 13.3 Å². The van der Waals surface area contributed by atoms with Gasteiger partial charge in [-0.05, 0) is 18.2 Å². The summed E-state index contributed by atoms with van der Waals surface area (Å²) in [6, 6.07) is 5.93. The highest BCUT2D eigenvalue weighted by Crippen LogP contribution is 2.20. The molecule has 0 saturated carbocycles. The van der Waals surface area contributed by atoms with Crippen LogP contribution in [-0.4, -0.2) is 52.2 Å². The Balaban J connectivity index is 1.39. The third-order valence-corrected chi connectivity index (χ3v) is 4.98. The Morgan fingerprint density at radius 3 is 2.69 bits per heavy atom. The van der Waals surface area contributed by atoms with E-state index in [1.807, 2.05) is 31.3 Å². The van der Waals surface area contributed by atoms with E-state index in [4.69, 9.17) is 4.42 Å². The molecule has 0 atom stereocenters. The standard InChI is InChI=1S/C19H23N5O2/c1-14-20-12-16(26-14)5-6-23-7-9-24(10-8-23)15-3-4-17-18(11-15)21-13-22(2)19(17)25/h3-4,11-13H,5-10H2,1-2H3. The molecule has 1 aliphatic heterocycles. The van der Waals surface area contributed by atoms with Gasteiger partial charge in [-0.2, -0.15) is 0 Å². The van der Waals surface area contributed by atoms with E-state index in [0.717, 1.165) is 62.0 Å². The first kappa shape index (κ1) is 16.8. The maximum absolute atomic E-state index is 12.1. The zero-order valence-corrected chi connectivity index (χ0v) is 15.2. The maximum atomic E-state index is 12.1. The minimum absolute atomic E-state index is 0.00554. The van der Waals surface area contributed by atoms with Crippen LogP contribution in [0.4, 0.5) is 5.69 Å². The Kier molecular flexibility index (Phi) is 4.46. The van der Waals surface area contributed by atoms with Crippen molar-refractivity contribution in [3.05, 3.63) is 52.7 Å². The number of aryl methyl sites for hydroxylation is 2. The van der Waals surface area contributed by atoms with Crippen molar-refractivity contribution in [1.29, 1.82) is 0 Å². The maximum Gasteiger partial charge on any atom is 0.260 e. The van der Waals surface area contributed by atoms with Crippen LogP contribution in [0.15, 0.2) is 39.9 Å². The van der Waals surface area contributed by atoms with Crippen molar-refractivity contribution in [3.8, 4) is 0 Å². The SMILES string of the molecule is Cc1ncc(CCN2CCN(c3ccc4c(=O)n(C)cnc4c3)CC2)o1. The van der Waals surface area contributed by atoms with Gasteiger partial charge in [-0.3, -0.25) is 9.69 Å². The fourth-order valence-electron chi connectivity index (χ4n) is 3.41. The van der Waals surface area contributed by atoms with Crippen molar-refractivity contribution >= 4 is 16.6 Å². The lowest BCUT2D eigenvalue weighted by Gasteiger charge is -2.36. The Hall–Kier alpha value is -2.67. The van der Waals surface area contributed by atoms with E-state index in [1.54, 1.807) is 13.4 Å². The molecule has 3 aromatic rings. The molecule has 1 fully saturated rings. The van der Waals surface area contributed by atoms with Crippen LogP contribution in [0.2, 0.25) is 0 Å². The van der Waals surface area contributed by atoms with E-state index in [1.165, 1.54) is 4.57 Å². The first-order valence-electron chi connectivity index (χ1n) is 8.94. The number of benzene rings is 1. The summed E-state index contributed by atoms with van der Waals surface area (Å²) >= 11 is 0. The van der Waals surface area contributed by atoms with Crippen molar-refractivity contribution in [2.75, 3.05) is 37.6 Å². The normalized spacial score (nSPS) is 15.7. The van der Waals surface area contributed by atoms with E-state index in [-0.39, 0.29) is 5.56 Å². The summed E-state index contributed by atoms with van der Waals surface area (Å²) in [4.78, 5) is 25.5. The van der Waals surface area contributed by atoms with Crippen LogP contribution in [0.1, 0.15) is 11.7 Å². The topological polar surface area (TPSA) is 67.4 Å². The summed E-state index contributed by atoms with van der Waals surface area (Å²) in [5, 5.41) is 0.666. The number of piperazine rings is 1. The second-order valence-corrected chi connectivity index (χ2v) is 6.79. The van der Waals surface area contributed by atoms with Gasteiger partial charge in [-0.15, -0.1) is 0 Å². The van der Waals surface area contributed by atoms with Crippen LogP contribution in [0.3, 0.4) is 0 Å². The van der Waals surface area contributed by atoms with Crippen LogP contribution in [0, 0.1) is 6.92 Å². The average molecular weight is 353 g/mol. The molecule has 26 heavy (non-hydrogen) atoms.